The Morgan fingerprint density at radius 2 is 1.00 bits per heavy atom. The maximum Gasteiger partial charge on any atom is 0.165 e. The largest absolute Gasteiger partial charge is 0.455 e. The quantitative estimate of drug-likeness (QED) is 0.184. The van der Waals surface area contributed by atoms with Crippen LogP contribution in [0.25, 0.3) is 98.5 Å². The van der Waals surface area contributed by atoms with Gasteiger partial charge in [0.1, 0.15) is 11.2 Å². The third-order valence-corrected chi connectivity index (χ3v) is 10.3. The predicted molar refractivity (Wildman–Crippen MR) is 207 cm³/mol. The van der Waals surface area contributed by atoms with Gasteiger partial charge in [-0.15, -0.1) is 11.3 Å². The molecule has 0 unspecified atom stereocenters. The summed E-state index contributed by atoms with van der Waals surface area (Å²) in [4.78, 5) is 15.3. The van der Waals surface area contributed by atoms with Crippen LogP contribution in [0, 0.1) is 0 Å². The summed E-state index contributed by atoms with van der Waals surface area (Å²) in [5, 5.41) is 3.75. The summed E-state index contributed by atoms with van der Waals surface area (Å²) < 4.78 is 50.8. The first-order chi connectivity index (χ1) is 26.9. The van der Waals surface area contributed by atoms with Crippen LogP contribution < -0.4 is 0 Å². The van der Waals surface area contributed by atoms with Gasteiger partial charge in [0.15, 0.2) is 17.5 Å². The Morgan fingerprint density at radius 1 is 0.440 bits per heavy atom. The van der Waals surface area contributed by atoms with Gasteiger partial charge in [-0.3, -0.25) is 0 Å². The first kappa shape index (κ1) is 23.8. The first-order valence-corrected chi connectivity index (χ1v) is 17.0. The average molecular weight is 663 g/mol. The number of hydrogen-bond donors (Lipinski definition) is 0. The number of fused-ring (bicyclic) bond motifs is 6. The standard InChI is InChI=1S/C45H27N3OS/c1-4-14-28(15-5-1)31-20-10-24-35-39-36(25-13-27-38(39)49-40(31)35)44-46-43(30-18-8-3-9-19-30)47-45(48-44)37-26-12-23-34-33-22-11-21-32(41(33)50-42(34)37)29-16-6-2-7-17-29/h1-27H/i1D,4D,5D,14D,15D. The van der Waals surface area contributed by atoms with E-state index in [2.05, 4.69) is 60.7 Å². The molecule has 0 aliphatic carbocycles. The molecule has 0 bridgehead atoms. The molecule has 50 heavy (non-hydrogen) atoms. The Morgan fingerprint density at radius 3 is 1.74 bits per heavy atom. The van der Waals surface area contributed by atoms with Crippen LogP contribution in [-0.2, 0) is 0 Å². The Hall–Kier alpha value is -6.43. The lowest BCUT2D eigenvalue weighted by molar-refractivity contribution is 0.670. The van der Waals surface area contributed by atoms with E-state index >= 15 is 0 Å². The molecular weight excluding hydrogens is 631 g/mol. The summed E-state index contributed by atoms with van der Waals surface area (Å²) in [7, 11) is 0. The van der Waals surface area contributed by atoms with Gasteiger partial charge in [-0.25, -0.2) is 15.0 Å². The fourth-order valence-corrected chi connectivity index (χ4v) is 8.14. The van der Waals surface area contributed by atoms with Crippen molar-refractivity contribution in [3.8, 4) is 56.4 Å². The van der Waals surface area contributed by atoms with E-state index < -0.39 is 18.1 Å². The molecule has 0 saturated heterocycles. The zero-order valence-corrected chi connectivity index (χ0v) is 27.2. The molecule has 0 saturated carbocycles. The van der Waals surface area contributed by atoms with Crippen molar-refractivity contribution in [2.24, 2.45) is 0 Å². The average Bonchev–Trinajstić information content (AvgIpc) is 3.82. The minimum atomic E-state index is -0.444. The summed E-state index contributed by atoms with van der Waals surface area (Å²) >= 11 is 1.73. The number of thiophene rings is 1. The molecule has 4 nitrogen and oxygen atoms in total. The van der Waals surface area contributed by atoms with Crippen LogP contribution in [0.5, 0.6) is 0 Å². The molecule has 10 rings (SSSR count). The minimum Gasteiger partial charge on any atom is -0.455 e. The van der Waals surface area contributed by atoms with Crippen molar-refractivity contribution in [2.45, 2.75) is 0 Å². The van der Waals surface area contributed by atoms with Gasteiger partial charge in [0, 0.05) is 53.2 Å². The van der Waals surface area contributed by atoms with Gasteiger partial charge in [-0.2, -0.15) is 0 Å². The Balaban J connectivity index is 1.22. The lowest BCUT2D eigenvalue weighted by atomic mass is 10.0. The van der Waals surface area contributed by atoms with E-state index in [1.54, 1.807) is 17.4 Å². The number of nitrogens with zero attached hydrogens (tertiary/aromatic N) is 3. The Labute approximate surface area is 299 Å². The molecule has 0 N–H and O–H groups in total. The molecule has 0 radical (unpaired) electrons. The van der Waals surface area contributed by atoms with E-state index in [1.807, 2.05) is 66.7 Å². The second-order valence-corrected chi connectivity index (χ2v) is 13.0. The second kappa shape index (κ2) is 11.6. The van der Waals surface area contributed by atoms with Crippen molar-refractivity contribution in [2.75, 3.05) is 0 Å². The van der Waals surface area contributed by atoms with Gasteiger partial charge in [0.05, 0.1) is 6.85 Å². The van der Waals surface area contributed by atoms with Gasteiger partial charge < -0.3 is 4.42 Å². The maximum atomic E-state index is 8.68. The smallest absolute Gasteiger partial charge is 0.165 e. The summed E-state index contributed by atoms with van der Waals surface area (Å²) in [5.74, 6) is 1.51. The van der Waals surface area contributed by atoms with Crippen molar-refractivity contribution in [3.05, 3.63) is 164 Å². The first-order valence-electron chi connectivity index (χ1n) is 18.7. The van der Waals surface area contributed by atoms with E-state index in [4.69, 9.17) is 26.2 Å². The molecule has 0 aliphatic rings. The second-order valence-electron chi connectivity index (χ2n) is 12.0. The zero-order chi connectivity index (χ0) is 37.4. The monoisotopic (exact) mass is 662 g/mol. The number of hydrogen-bond acceptors (Lipinski definition) is 5. The molecule has 7 aromatic carbocycles. The summed E-state index contributed by atoms with van der Waals surface area (Å²) in [5.41, 5.74) is 6.23. The fraction of sp³-hybridized carbons (Fsp3) is 0. The van der Waals surface area contributed by atoms with E-state index in [-0.39, 0.29) is 17.6 Å². The molecule has 0 aliphatic heterocycles. The van der Waals surface area contributed by atoms with Gasteiger partial charge >= 0.3 is 0 Å². The fourth-order valence-electron chi connectivity index (χ4n) is 6.79. The highest BCUT2D eigenvalue weighted by molar-refractivity contribution is 7.26. The van der Waals surface area contributed by atoms with E-state index in [0.29, 0.717) is 45.2 Å². The Bertz CT molecular complexity index is 3130. The number of benzene rings is 7. The summed E-state index contributed by atoms with van der Waals surface area (Å²) in [6.45, 7) is 0. The van der Waals surface area contributed by atoms with Gasteiger partial charge in [0.25, 0.3) is 0 Å². The van der Waals surface area contributed by atoms with Crippen molar-refractivity contribution in [3.63, 3.8) is 0 Å². The molecule has 3 heterocycles. The van der Waals surface area contributed by atoms with Crippen LogP contribution in [0.2, 0.25) is 0 Å². The third-order valence-electron chi connectivity index (χ3n) is 9.05. The molecule has 10 aromatic rings. The molecular formula is C45H27N3OS. The van der Waals surface area contributed by atoms with Crippen molar-refractivity contribution in [1.82, 2.24) is 15.0 Å². The molecule has 5 heteroatoms. The van der Waals surface area contributed by atoms with E-state index in [0.717, 1.165) is 32.2 Å². The lowest BCUT2D eigenvalue weighted by Crippen LogP contribution is -2.00. The molecule has 0 fully saturated rings. The van der Waals surface area contributed by atoms with Crippen molar-refractivity contribution < 1.29 is 11.3 Å². The number of aromatic nitrogens is 3. The Kier molecular flexibility index (Phi) is 5.54. The van der Waals surface area contributed by atoms with Crippen LogP contribution in [0.1, 0.15) is 6.85 Å². The van der Waals surface area contributed by atoms with Crippen LogP contribution in [0.15, 0.2) is 168 Å². The van der Waals surface area contributed by atoms with Crippen molar-refractivity contribution in [1.29, 1.82) is 0 Å². The number of rotatable bonds is 5. The normalized spacial score (nSPS) is 13.0. The highest BCUT2D eigenvalue weighted by atomic mass is 32.1. The van der Waals surface area contributed by atoms with Gasteiger partial charge in [0.2, 0.25) is 0 Å². The highest BCUT2D eigenvalue weighted by Gasteiger charge is 2.21. The summed E-state index contributed by atoms with van der Waals surface area (Å²) in [6, 6.07) is 42.3. The SMILES string of the molecule is [2H]c1c([2H])c([2H])c(-c2cccc3c2oc2cccc(-c4nc(-c5ccccc5)nc(-c5cccc6c5sc5c(-c7ccccc7)cccc56)n4)c23)c([2H])c1[2H]. The van der Waals surface area contributed by atoms with E-state index in [1.165, 1.54) is 15.6 Å². The molecule has 0 atom stereocenters. The van der Waals surface area contributed by atoms with Crippen LogP contribution in [0.4, 0.5) is 0 Å². The molecule has 234 valence electrons. The minimum absolute atomic E-state index is 0.0814. The van der Waals surface area contributed by atoms with Crippen LogP contribution >= 0.6 is 11.3 Å². The maximum absolute atomic E-state index is 8.68. The molecule has 3 aromatic heterocycles. The third kappa shape index (κ3) is 4.63. The highest BCUT2D eigenvalue weighted by Crippen LogP contribution is 2.44. The number of para-hydroxylation sites is 1. The van der Waals surface area contributed by atoms with Gasteiger partial charge in [-0.1, -0.05) is 152 Å². The van der Waals surface area contributed by atoms with Crippen molar-refractivity contribution >= 4 is 53.4 Å². The molecule has 0 spiro atoms. The predicted octanol–water partition coefficient (Wildman–Crippen LogP) is 12.5. The van der Waals surface area contributed by atoms with Gasteiger partial charge in [-0.05, 0) is 28.8 Å². The van der Waals surface area contributed by atoms with Crippen LogP contribution in [-0.4, -0.2) is 15.0 Å². The lowest BCUT2D eigenvalue weighted by Gasteiger charge is -2.10. The summed E-state index contributed by atoms with van der Waals surface area (Å²) in [6.07, 6.45) is 0. The zero-order valence-electron chi connectivity index (χ0n) is 31.4. The number of furan rings is 1. The van der Waals surface area contributed by atoms with E-state index in [9.17, 15) is 0 Å². The topological polar surface area (TPSA) is 51.8 Å². The molecule has 0 amide bonds. The van der Waals surface area contributed by atoms with Crippen LogP contribution in [0.3, 0.4) is 0 Å².